The maximum atomic E-state index is 12.6. The lowest BCUT2D eigenvalue weighted by Gasteiger charge is -2.27. The van der Waals surface area contributed by atoms with Gasteiger partial charge in [-0.05, 0) is 36.2 Å². The summed E-state index contributed by atoms with van der Waals surface area (Å²) in [5.74, 6) is 0.00334. The van der Waals surface area contributed by atoms with Crippen molar-refractivity contribution in [3.8, 4) is 0 Å². The third kappa shape index (κ3) is 4.00. The van der Waals surface area contributed by atoms with E-state index in [0.717, 1.165) is 23.4 Å². The fourth-order valence-electron chi connectivity index (χ4n) is 3.08. The van der Waals surface area contributed by atoms with Crippen LogP contribution in [0, 0.1) is 0 Å². The summed E-state index contributed by atoms with van der Waals surface area (Å²) in [7, 11) is 0. The van der Waals surface area contributed by atoms with Gasteiger partial charge in [0.1, 0.15) is 0 Å². The van der Waals surface area contributed by atoms with Gasteiger partial charge < -0.3 is 10.6 Å². The molecule has 0 spiro atoms. The molecule has 0 saturated heterocycles. The van der Waals surface area contributed by atoms with Crippen molar-refractivity contribution >= 4 is 17.7 Å². The van der Waals surface area contributed by atoms with Crippen molar-refractivity contribution < 1.29 is 4.79 Å². The third-order valence-electron chi connectivity index (χ3n) is 4.18. The van der Waals surface area contributed by atoms with Gasteiger partial charge in [0, 0.05) is 22.7 Å². The van der Waals surface area contributed by atoms with Crippen molar-refractivity contribution in [2.24, 2.45) is 0 Å². The number of hydrogen-bond donors (Lipinski definition) is 2. The molecule has 0 fully saturated rings. The average molecular weight is 340 g/mol. The summed E-state index contributed by atoms with van der Waals surface area (Å²) >= 11 is 1.73. The molecule has 3 nitrogen and oxygen atoms in total. The Labute approximate surface area is 148 Å². The van der Waals surface area contributed by atoms with Crippen molar-refractivity contribution in [3.63, 3.8) is 0 Å². The Bertz CT molecular complexity index is 714. The highest BCUT2D eigenvalue weighted by molar-refractivity contribution is 8.00. The van der Waals surface area contributed by atoms with E-state index in [9.17, 15) is 4.79 Å². The average Bonchev–Trinajstić information content (AvgIpc) is 2.59. The van der Waals surface area contributed by atoms with Gasteiger partial charge >= 0.3 is 0 Å². The number of amides is 1. The lowest BCUT2D eigenvalue weighted by atomic mass is 9.94. The van der Waals surface area contributed by atoms with Crippen molar-refractivity contribution in [3.05, 3.63) is 65.2 Å². The van der Waals surface area contributed by atoms with Crippen molar-refractivity contribution in [2.45, 2.75) is 36.5 Å². The largest absolute Gasteiger partial charge is 0.350 e. The van der Waals surface area contributed by atoms with Crippen molar-refractivity contribution in [1.29, 1.82) is 0 Å². The first kappa shape index (κ1) is 17.1. The minimum Gasteiger partial charge on any atom is -0.350 e. The molecule has 126 valence electrons. The number of thioether (sulfide) groups is 1. The Morgan fingerprint density at radius 1 is 1.21 bits per heavy atom. The maximum Gasteiger partial charge on any atom is 0.252 e. The molecule has 0 bridgehead atoms. The van der Waals surface area contributed by atoms with Crippen LogP contribution in [0.5, 0.6) is 0 Å². The molecule has 2 N–H and O–H groups in total. The molecule has 1 aliphatic heterocycles. The van der Waals surface area contributed by atoms with E-state index in [1.165, 1.54) is 11.1 Å². The van der Waals surface area contributed by atoms with Gasteiger partial charge in [0.2, 0.25) is 0 Å². The van der Waals surface area contributed by atoms with Crippen LogP contribution in [-0.4, -0.2) is 24.2 Å². The number of nitrogens with one attached hydrogen (secondary N) is 2. The molecule has 4 heteroatoms. The lowest BCUT2D eigenvalue weighted by Crippen LogP contribution is -2.39. The number of carbonyl (C=O) groups is 1. The number of carbonyl (C=O) groups excluding carboxylic acids is 1. The molecular formula is C20H24N2OS. The van der Waals surface area contributed by atoms with Gasteiger partial charge in [-0.1, -0.05) is 50.2 Å². The topological polar surface area (TPSA) is 41.1 Å². The molecular weight excluding hydrogens is 316 g/mol. The molecule has 2 aromatic carbocycles. The Morgan fingerprint density at radius 3 is 2.79 bits per heavy atom. The van der Waals surface area contributed by atoms with Crippen LogP contribution in [0.15, 0.2) is 53.4 Å². The zero-order valence-electron chi connectivity index (χ0n) is 14.2. The summed E-state index contributed by atoms with van der Waals surface area (Å²) < 4.78 is 0. The van der Waals surface area contributed by atoms with Crippen molar-refractivity contribution in [2.75, 3.05) is 13.1 Å². The van der Waals surface area contributed by atoms with E-state index in [2.05, 4.69) is 48.7 Å². The molecule has 3 rings (SSSR count). The number of hydrogen-bond acceptors (Lipinski definition) is 3. The van der Waals surface area contributed by atoms with Gasteiger partial charge in [0.05, 0.1) is 5.56 Å². The van der Waals surface area contributed by atoms with Gasteiger partial charge in [-0.2, -0.15) is 0 Å². The maximum absolute atomic E-state index is 12.6. The van der Waals surface area contributed by atoms with Crippen LogP contribution in [0.2, 0.25) is 0 Å². The van der Waals surface area contributed by atoms with E-state index in [0.29, 0.717) is 11.8 Å². The predicted octanol–water partition coefficient (Wildman–Crippen LogP) is 3.80. The first-order chi connectivity index (χ1) is 11.6. The first-order valence-electron chi connectivity index (χ1n) is 8.50. The van der Waals surface area contributed by atoms with Gasteiger partial charge in [-0.15, -0.1) is 11.8 Å². The summed E-state index contributed by atoms with van der Waals surface area (Å²) in [5, 5.41) is 7.07. The molecule has 1 amide bonds. The summed E-state index contributed by atoms with van der Waals surface area (Å²) in [6.07, 6.45) is 1.05. The van der Waals surface area contributed by atoms with Crippen molar-refractivity contribution in [1.82, 2.24) is 10.6 Å². The second-order valence-corrected chi connectivity index (χ2v) is 7.95. The quantitative estimate of drug-likeness (QED) is 0.814. The van der Waals surface area contributed by atoms with E-state index < -0.39 is 0 Å². The SMILES string of the molecule is CC(C)Sc1ccccc1C(=O)NCC1NCCc2ccccc21. The molecule has 0 aromatic heterocycles. The molecule has 1 atom stereocenters. The highest BCUT2D eigenvalue weighted by Gasteiger charge is 2.20. The van der Waals surface area contributed by atoms with E-state index in [4.69, 9.17) is 0 Å². The Morgan fingerprint density at radius 2 is 1.96 bits per heavy atom. The number of rotatable bonds is 5. The monoisotopic (exact) mass is 340 g/mol. The molecule has 0 saturated carbocycles. The van der Waals surface area contributed by atoms with E-state index in [-0.39, 0.29) is 11.9 Å². The normalized spacial score (nSPS) is 16.7. The fraction of sp³-hybridized carbons (Fsp3) is 0.350. The van der Waals surface area contributed by atoms with Crippen LogP contribution in [0.1, 0.15) is 41.4 Å². The van der Waals surface area contributed by atoms with Crippen LogP contribution < -0.4 is 10.6 Å². The second-order valence-electron chi connectivity index (χ2n) is 6.33. The number of benzene rings is 2. The zero-order valence-corrected chi connectivity index (χ0v) is 15.0. The molecule has 0 radical (unpaired) electrons. The summed E-state index contributed by atoms with van der Waals surface area (Å²) in [6, 6.07) is 16.5. The second kappa shape index (κ2) is 7.86. The van der Waals surface area contributed by atoms with Gasteiger partial charge in [0.15, 0.2) is 0 Å². The van der Waals surface area contributed by atoms with E-state index in [1.54, 1.807) is 11.8 Å². The minimum atomic E-state index is 0.00334. The highest BCUT2D eigenvalue weighted by Crippen LogP contribution is 2.27. The highest BCUT2D eigenvalue weighted by atomic mass is 32.2. The standard InChI is InChI=1S/C20H24N2OS/c1-14(2)24-19-10-6-5-9-17(19)20(23)22-13-18-16-8-4-3-7-15(16)11-12-21-18/h3-10,14,18,21H,11-13H2,1-2H3,(H,22,23). The van der Waals surface area contributed by atoms with E-state index in [1.807, 2.05) is 24.3 Å². The Kier molecular flexibility index (Phi) is 5.59. The van der Waals surface area contributed by atoms with Crippen LogP contribution in [0.4, 0.5) is 0 Å². The van der Waals surface area contributed by atoms with Crippen LogP contribution in [-0.2, 0) is 6.42 Å². The van der Waals surface area contributed by atoms with Crippen LogP contribution >= 0.6 is 11.8 Å². The van der Waals surface area contributed by atoms with Gasteiger partial charge in [-0.3, -0.25) is 4.79 Å². The Hall–Kier alpha value is -1.78. The minimum absolute atomic E-state index is 0.00334. The van der Waals surface area contributed by atoms with E-state index >= 15 is 0 Å². The lowest BCUT2D eigenvalue weighted by molar-refractivity contribution is 0.0946. The smallest absolute Gasteiger partial charge is 0.252 e. The van der Waals surface area contributed by atoms with Gasteiger partial charge in [0.25, 0.3) is 5.91 Å². The molecule has 0 aliphatic carbocycles. The zero-order chi connectivity index (χ0) is 16.9. The fourth-order valence-corrected chi connectivity index (χ4v) is 4.03. The summed E-state index contributed by atoms with van der Waals surface area (Å²) in [4.78, 5) is 13.7. The van der Waals surface area contributed by atoms with Gasteiger partial charge in [-0.25, -0.2) is 0 Å². The summed E-state index contributed by atoms with van der Waals surface area (Å²) in [5.41, 5.74) is 3.44. The van der Waals surface area contributed by atoms with Crippen LogP contribution in [0.25, 0.3) is 0 Å². The third-order valence-corrected chi connectivity index (χ3v) is 5.26. The predicted molar refractivity (Wildman–Crippen MR) is 101 cm³/mol. The first-order valence-corrected chi connectivity index (χ1v) is 9.38. The molecule has 1 aliphatic rings. The molecule has 1 unspecified atom stereocenters. The Balaban J connectivity index is 1.69. The van der Waals surface area contributed by atoms with Crippen LogP contribution in [0.3, 0.4) is 0 Å². The molecule has 24 heavy (non-hydrogen) atoms. The molecule has 1 heterocycles. The molecule has 2 aromatic rings. The number of fused-ring (bicyclic) bond motifs is 1. The summed E-state index contributed by atoms with van der Waals surface area (Å²) in [6.45, 7) is 5.85.